The van der Waals surface area contributed by atoms with Crippen molar-refractivity contribution in [1.82, 2.24) is 14.6 Å². The van der Waals surface area contributed by atoms with Crippen molar-refractivity contribution >= 4 is 17.2 Å². The van der Waals surface area contributed by atoms with Gasteiger partial charge in [0.1, 0.15) is 0 Å². The van der Waals surface area contributed by atoms with Crippen LogP contribution in [0.1, 0.15) is 32.0 Å². The highest BCUT2D eigenvalue weighted by atomic mass is 16.5. The Bertz CT molecular complexity index is 632. The molecule has 1 aliphatic heterocycles. The minimum atomic E-state index is 0.0424. The summed E-state index contributed by atoms with van der Waals surface area (Å²) in [4.78, 5) is 16.6. The molecule has 0 aliphatic carbocycles. The molecule has 0 spiro atoms. The van der Waals surface area contributed by atoms with Crippen LogP contribution in [-0.2, 0) is 16.0 Å². The summed E-state index contributed by atoms with van der Waals surface area (Å²) in [6.07, 6.45) is 5.28. The van der Waals surface area contributed by atoms with E-state index in [1.807, 2.05) is 18.3 Å². The van der Waals surface area contributed by atoms with Gasteiger partial charge in [-0.15, -0.1) is 0 Å². The van der Waals surface area contributed by atoms with Crippen molar-refractivity contribution in [2.75, 3.05) is 18.5 Å². The van der Waals surface area contributed by atoms with Crippen molar-refractivity contribution in [3.63, 3.8) is 0 Å². The molecule has 21 heavy (non-hydrogen) atoms. The molecule has 6 heteroatoms. The van der Waals surface area contributed by atoms with Crippen molar-refractivity contribution in [2.45, 2.75) is 32.6 Å². The van der Waals surface area contributed by atoms with Crippen LogP contribution in [0.2, 0.25) is 0 Å². The quantitative estimate of drug-likeness (QED) is 0.935. The number of carbonyl (C=O) groups excluding carboxylic acids is 1. The van der Waals surface area contributed by atoms with Gasteiger partial charge in [0.15, 0.2) is 11.5 Å². The van der Waals surface area contributed by atoms with Gasteiger partial charge >= 0.3 is 0 Å². The van der Waals surface area contributed by atoms with Crippen molar-refractivity contribution in [3.05, 3.63) is 24.2 Å². The molecule has 1 saturated heterocycles. The van der Waals surface area contributed by atoms with Crippen molar-refractivity contribution < 1.29 is 9.53 Å². The molecular weight excluding hydrogens is 268 g/mol. The molecule has 1 fully saturated rings. The lowest BCUT2D eigenvalue weighted by atomic mass is 9.99. The summed E-state index contributed by atoms with van der Waals surface area (Å²) >= 11 is 0. The number of hydrogen-bond acceptors (Lipinski definition) is 4. The van der Waals surface area contributed by atoms with E-state index in [0.717, 1.165) is 42.8 Å². The fourth-order valence-corrected chi connectivity index (χ4v) is 2.54. The van der Waals surface area contributed by atoms with Crippen LogP contribution in [0.3, 0.4) is 0 Å². The van der Waals surface area contributed by atoms with Crippen LogP contribution >= 0.6 is 0 Å². The van der Waals surface area contributed by atoms with Crippen LogP contribution in [0, 0.1) is 5.92 Å². The zero-order chi connectivity index (χ0) is 14.7. The number of nitrogens with zero attached hydrogens (tertiary/aromatic N) is 3. The van der Waals surface area contributed by atoms with Gasteiger partial charge in [-0.3, -0.25) is 4.79 Å². The van der Waals surface area contributed by atoms with Gasteiger partial charge in [-0.1, -0.05) is 6.92 Å². The fourth-order valence-electron chi connectivity index (χ4n) is 2.54. The number of aryl methyl sites for hydroxylation is 1. The second kappa shape index (κ2) is 6.22. The lowest BCUT2D eigenvalue weighted by molar-refractivity contribution is -0.122. The SMILES string of the molecule is CCCc1nc2ccc(NC(=O)C3CCOCC3)cn2n1. The Balaban J connectivity index is 1.72. The topological polar surface area (TPSA) is 68.5 Å². The van der Waals surface area contributed by atoms with E-state index >= 15 is 0 Å². The molecule has 3 rings (SSSR count). The predicted molar refractivity (Wildman–Crippen MR) is 79.2 cm³/mol. The Morgan fingerprint density at radius 1 is 1.43 bits per heavy atom. The molecule has 2 aromatic heterocycles. The monoisotopic (exact) mass is 288 g/mol. The van der Waals surface area contributed by atoms with Gasteiger partial charge in [0, 0.05) is 25.6 Å². The Morgan fingerprint density at radius 3 is 3.00 bits per heavy atom. The second-order valence-electron chi connectivity index (χ2n) is 5.37. The normalized spacial score (nSPS) is 16.2. The van der Waals surface area contributed by atoms with Crippen LogP contribution < -0.4 is 5.32 Å². The van der Waals surface area contributed by atoms with E-state index in [2.05, 4.69) is 22.3 Å². The van der Waals surface area contributed by atoms with Crippen LogP contribution in [0.5, 0.6) is 0 Å². The second-order valence-corrected chi connectivity index (χ2v) is 5.37. The Labute approximate surface area is 123 Å². The van der Waals surface area contributed by atoms with E-state index in [-0.39, 0.29) is 11.8 Å². The number of carbonyl (C=O) groups is 1. The van der Waals surface area contributed by atoms with E-state index in [9.17, 15) is 4.79 Å². The molecule has 3 heterocycles. The predicted octanol–water partition coefficient (Wildman–Crippen LogP) is 2.05. The smallest absolute Gasteiger partial charge is 0.227 e. The summed E-state index contributed by atoms with van der Waals surface area (Å²) in [7, 11) is 0. The Kier molecular flexibility index (Phi) is 4.15. The number of hydrogen-bond donors (Lipinski definition) is 1. The highest BCUT2D eigenvalue weighted by Crippen LogP contribution is 2.18. The molecule has 0 saturated carbocycles. The number of ether oxygens (including phenoxy) is 1. The van der Waals surface area contributed by atoms with Crippen molar-refractivity contribution in [2.24, 2.45) is 5.92 Å². The molecule has 0 atom stereocenters. The first-order chi connectivity index (χ1) is 10.3. The van der Waals surface area contributed by atoms with Crippen molar-refractivity contribution in [1.29, 1.82) is 0 Å². The van der Waals surface area contributed by atoms with Gasteiger partial charge in [0.2, 0.25) is 5.91 Å². The third-order valence-electron chi connectivity index (χ3n) is 3.71. The number of aromatic nitrogens is 3. The van der Waals surface area contributed by atoms with Crippen LogP contribution in [0.15, 0.2) is 18.3 Å². The highest BCUT2D eigenvalue weighted by molar-refractivity contribution is 5.92. The van der Waals surface area contributed by atoms with Gasteiger partial charge in [-0.25, -0.2) is 9.50 Å². The number of anilines is 1. The van der Waals surface area contributed by atoms with Gasteiger partial charge in [0.05, 0.1) is 11.9 Å². The molecule has 2 aromatic rings. The standard InChI is InChI=1S/C15H20N4O2/c1-2-3-13-17-14-5-4-12(10-19(14)18-13)16-15(20)11-6-8-21-9-7-11/h4-5,10-11H,2-3,6-9H2,1H3,(H,16,20). The van der Waals surface area contributed by atoms with Gasteiger partial charge in [-0.2, -0.15) is 5.10 Å². The molecule has 6 nitrogen and oxygen atoms in total. The first-order valence-electron chi connectivity index (χ1n) is 7.50. The lowest BCUT2D eigenvalue weighted by Crippen LogP contribution is -2.28. The zero-order valence-electron chi connectivity index (χ0n) is 12.2. The molecule has 1 N–H and O–H groups in total. The van der Waals surface area contributed by atoms with E-state index in [1.165, 1.54) is 0 Å². The Morgan fingerprint density at radius 2 is 2.24 bits per heavy atom. The number of rotatable bonds is 4. The summed E-state index contributed by atoms with van der Waals surface area (Å²) in [5, 5.41) is 7.38. The van der Waals surface area contributed by atoms with E-state index in [4.69, 9.17) is 4.74 Å². The summed E-state index contributed by atoms with van der Waals surface area (Å²) in [5.41, 5.74) is 1.56. The molecule has 0 radical (unpaired) electrons. The van der Waals surface area contributed by atoms with Crippen molar-refractivity contribution in [3.8, 4) is 0 Å². The van der Waals surface area contributed by atoms with Gasteiger partial charge in [0.25, 0.3) is 0 Å². The van der Waals surface area contributed by atoms with Crippen LogP contribution in [0.25, 0.3) is 5.65 Å². The average molecular weight is 288 g/mol. The van der Waals surface area contributed by atoms with Crippen LogP contribution in [0.4, 0.5) is 5.69 Å². The largest absolute Gasteiger partial charge is 0.381 e. The minimum Gasteiger partial charge on any atom is -0.381 e. The zero-order valence-corrected chi connectivity index (χ0v) is 12.2. The summed E-state index contributed by atoms with van der Waals surface area (Å²) in [5.74, 6) is 0.942. The third kappa shape index (κ3) is 3.21. The molecule has 0 unspecified atom stereocenters. The third-order valence-corrected chi connectivity index (χ3v) is 3.71. The maximum absolute atomic E-state index is 12.2. The minimum absolute atomic E-state index is 0.0424. The lowest BCUT2D eigenvalue weighted by Gasteiger charge is -2.21. The number of pyridine rings is 1. The molecule has 1 aliphatic rings. The Hall–Kier alpha value is -1.95. The summed E-state index contributed by atoms with van der Waals surface area (Å²) in [6, 6.07) is 3.75. The number of nitrogens with one attached hydrogen (secondary N) is 1. The molecule has 0 aromatic carbocycles. The number of amides is 1. The first-order valence-corrected chi connectivity index (χ1v) is 7.50. The van der Waals surface area contributed by atoms with E-state index in [1.54, 1.807) is 4.52 Å². The van der Waals surface area contributed by atoms with E-state index < -0.39 is 0 Å². The molecular formula is C15H20N4O2. The molecule has 112 valence electrons. The molecule has 0 bridgehead atoms. The first kappa shape index (κ1) is 14.0. The van der Waals surface area contributed by atoms with E-state index in [0.29, 0.717) is 13.2 Å². The number of fused-ring (bicyclic) bond motifs is 1. The fraction of sp³-hybridized carbons (Fsp3) is 0.533. The van der Waals surface area contributed by atoms with Gasteiger partial charge in [-0.05, 0) is 31.4 Å². The van der Waals surface area contributed by atoms with Crippen LogP contribution in [-0.4, -0.2) is 33.7 Å². The maximum Gasteiger partial charge on any atom is 0.227 e. The summed E-state index contributed by atoms with van der Waals surface area (Å²) < 4.78 is 7.01. The summed E-state index contributed by atoms with van der Waals surface area (Å²) in [6.45, 7) is 3.44. The highest BCUT2D eigenvalue weighted by Gasteiger charge is 2.21. The van der Waals surface area contributed by atoms with Gasteiger partial charge < -0.3 is 10.1 Å². The maximum atomic E-state index is 12.2. The molecule has 1 amide bonds. The average Bonchev–Trinajstić information content (AvgIpc) is 2.90.